The number of hydrogen-bond acceptors (Lipinski definition) is 3. The number of fused-ring (bicyclic) bond motifs is 6. The maximum Gasteiger partial charge on any atom is 0.0742 e. The third-order valence-corrected chi connectivity index (χ3v) is 12.1. The van der Waals surface area contributed by atoms with Gasteiger partial charge in [0.05, 0.1) is 17.8 Å². The smallest absolute Gasteiger partial charge is 0.0742 e. The van der Waals surface area contributed by atoms with Gasteiger partial charge in [-0.25, -0.2) is 0 Å². The molecule has 13 atom stereocenters. The lowest BCUT2D eigenvalue weighted by atomic mass is 9.52. The van der Waals surface area contributed by atoms with E-state index in [1.165, 1.54) is 57.9 Å². The fourth-order valence-corrected chi connectivity index (χ4v) is 10.4. The van der Waals surface area contributed by atoms with E-state index < -0.39 is 0 Å². The molecule has 0 amide bonds. The summed E-state index contributed by atoms with van der Waals surface area (Å²) < 4.78 is 7.06. The van der Waals surface area contributed by atoms with E-state index in [-0.39, 0.29) is 11.7 Å². The molecule has 3 nitrogen and oxygen atoms in total. The van der Waals surface area contributed by atoms with Crippen LogP contribution in [-0.2, 0) is 4.74 Å². The lowest BCUT2D eigenvalue weighted by Crippen LogP contribution is -2.49. The SMILES string of the molecule is CC1C[C@]2(CC[C@@H]3C1C[C@H]1[C@H]3CC[C@@H]3C[C@@H](O)CC[C@@]31C)O[C@@H]1C[C@H](C)CN[C@H]1[C@H]2C. The highest BCUT2D eigenvalue weighted by Gasteiger charge is 2.61. The first-order valence-electron chi connectivity index (χ1n) is 13.9. The van der Waals surface area contributed by atoms with Gasteiger partial charge < -0.3 is 15.2 Å². The average Bonchev–Trinajstić information content (AvgIpc) is 3.19. The zero-order chi connectivity index (χ0) is 21.5. The molecule has 3 heteroatoms. The van der Waals surface area contributed by atoms with Crippen molar-refractivity contribution in [2.45, 2.75) is 116 Å². The van der Waals surface area contributed by atoms with Crippen molar-refractivity contribution in [2.24, 2.45) is 52.8 Å². The molecule has 0 aromatic carbocycles. The van der Waals surface area contributed by atoms with Crippen LogP contribution in [0, 0.1) is 52.8 Å². The molecule has 0 bridgehead atoms. The predicted octanol–water partition coefficient (Wildman–Crippen LogP) is 5.41. The second-order valence-electron chi connectivity index (χ2n) is 13.5. The lowest BCUT2D eigenvalue weighted by molar-refractivity contribution is -0.0869. The van der Waals surface area contributed by atoms with E-state index in [0.717, 1.165) is 54.3 Å². The van der Waals surface area contributed by atoms with Crippen LogP contribution in [0.15, 0.2) is 0 Å². The maximum atomic E-state index is 10.3. The van der Waals surface area contributed by atoms with Crippen LogP contribution in [0.2, 0.25) is 0 Å². The number of rotatable bonds is 0. The van der Waals surface area contributed by atoms with Gasteiger partial charge in [0.1, 0.15) is 0 Å². The van der Waals surface area contributed by atoms with Crippen LogP contribution in [0.3, 0.4) is 0 Å². The Bertz CT molecular complexity index is 696. The van der Waals surface area contributed by atoms with Gasteiger partial charge in [0.2, 0.25) is 0 Å². The Labute approximate surface area is 190 Å². The maximum absolute atomic E-state index is 10.3. The summed E-state index contributed by atoms with van der Waals surface area (Å²) in [5.74, 6) is 6.64. The summed E-state index contributed by atoms with van der Waals surface area (Å²) in [6, 6.07) is 0.581. The van der Waals surface area contributed by atoms with Crippen LogP contribution in [0.5, 0.6) is 0 Å². The Hall–Kier alpha value is -0.120. The monoisotopic (exact) mass is 429 g/mol. The third kappa shape index (κ3) is 3.15. The molecule has 176 valence electrons. The highest BCUT2D eigenvalue weighted by atomic mass is 16.5. The number of piperidine rings is 1. The van der Waals surface area contributed by atoms with Crippen LogP contribution in [-0.4, -0.2) is 35.5 Å². The van der Waals surface area contributed by atoms with Crippen molar-refractivity contribution >= 4 is 0 Å². The predicted molar refractivity (Wildman–Crippen MR) is 125 cm³/mol. The molecule has 0 aromatic rings. The molecule has 4 aliphatic carbocycles. The zero-order valence-corrected chi connectivity index (χ0v) is 20.5. The number of aliphatic hydroxyl groups is 1. The zero-order valence-electron chi connectivity index (χ0n) is 20.5. The second-order valence-corrected chi connectivity index (χ2v) is 13.5. The van der Waals surface area contributed by atoms with E-state index >= 15 is 0 Å². The van der Waals surface area contributed by atoms with Crippen molar-refractivity contribution in [1.29, 1.82) is 0 Å². The van der Waals surface area contributed by atoms with Crippen LogP contribution in [0.1, 0.15) is 91.9 Å². The summed E-state index contributed by atoms with van der Waals surface area (Å²) in [5.41, 5.74) is 0.625. The van der Waals surface area contributed by atoms with Gasteiger partial charge in [0.15, 0.2) is 0 Å². The molecule has 31 heavy (non-hydrogen) atoms. The van der Waals surface area contributed by atoms with Gasteiger partial charge >= 0.3 is 0 Å². The molecule has 6 fully saturated rings. The third-order valence-electron chi connectivity index (χ3n) is 12.1. The molecule has 0 radical (unpaired) electrons. The standard InChI is InChI=1S/C28H47NO2/c1-16-11-25-26(29-15-16)18(3)28(31-25)10-8-21-22-6-5-19-12-20(30)7-9-27(19,4)24(22)13-23(21)17(2)14-28/h16-26,29-30H,5-15H2,1-4H3/t16-,17?,18+,19+,20-,21-,22-,23?,24-,25+,26-,27-,28-/m0/s1. The molecule has 2 saturated heterocycles. The largest absolute Gasteiger partial charge is 0.393 e. The highest BCUT2D eigenvalue weighted by Crippen LogP contribution is 2.66. The Morgan fingerprint density at radius 3 is 2.58 bits per heavy atom. The number of nitrogens with one attached hydrogen (secondary N) is 1. The van der Waals surface area contributed by atoms with Gasteiger partial charge in [-0.3, -0.25) is 0 Å². The lowest BCUT2D eigenvalue weighted by Gasteiger charge is -2.53. The molecular formula is C28H47NO2. The minimum atomic E-state index is -0.0267. The quantitative estimate of drug-likeness (QED) is 0.541. The Kier molecular flexibility index (Phi) is 5.14. The molecule has 2 heterocycles. The van der Waals surface area contributed by atoms with E-state index in [0.29, 0.717) is 23.5 Å². The van der Waals surface area contributed by atoms with E-state index in [2.05, 4.69) is 33.0 Å². The van der Waals surface area contributed by atoms with Crippen molar-refractivity contribution in [3.05, 3.63) is 0 Å². The topological polar surface area (TPSA) is 41.5 Å². The van der Waals surface area contributed by atoms with Gasteiger partial charge in [-0.05, 0) is 118 Å². The first-order chi connectivity index (χ1) is 14.8. The molecule has 2 unspecified atom stereocenters. The molecule has 2 aliphatic heterocycles. The normalized spacial score (nSPS) is 61.3. The number of ether oxygens (including phenoxy) is 1. The summed E-state index contributed by atoms with van der Waals surface area (Å²) in [7, 11) is 0. The Morgan fingerprint density at radius 2 is 1.74 bits per heavy atom. The summed E-state index contributed by atoms with van der Waals surface area (Å²) in [6.07, 6.45) is 13.3. The van der Waals surface area contributed by atoms with Crippen LogP contribution in [0.4, 0.5) is 0 Å². The van der Waals surface area contributed by atoms with Gasteiger partial charge in [-0.1, -0.05) is 27.7 Å². The van der Waals surface area contributed by atoms with E-state index in [9.17, 15) is 5.11 Å². The molecule has 4 saturated carbocycles. The Morgan fingerprint density at radius 1 is 0.903 bits per heavy atom. The van der Waals surface area contributed by atoms with E-state index in [1.807, 2.05) is 0 Å². The molecule has 6 rings (SSSR count). The average molecular weight is 430 g/mol. The number of hydrogen-bond donors (Lipinski definition) is 2. The summed E-state index contributed by atoms with van der Waals surface area (Å²) in [4.78, 5) is 0. The summed E-state index contributed by atoms with van der Waals surface area (Å²) in [5, 5.41) is 14.2. The van der Waals surface area contributed by atoms with Crippen molar-refractivity contribution in [3.63, 3.8) is 0 Å². The van der Waals surface area contributed by atoms with Crippen molar-refractivity contribution in [3.8, 4) is 0 Å². The van der Waals surface area contributed by atoms with Crippen molar-refractivity contribution in [2.75, 3.05) is 6.54 Å². The second kappa shape index (κ2) is 7.44. The van der Waals surface area contributed by atoms with E-state index in [1.54, 1.807) is 0 Å². The van der Waals surface area contributed by atoms with Crippen LogP contribution < -0.4 is 5.32 Å². The first kappa shape index (κ1) is 21.4. The fourth-order valence-electron chi connectivity index (χ4n) is 10.4. The van der Waals surface area contributed by atoms with Gasteiger partial charge in [0.25, 0.3) is 0 Å². The molecule has 2 N–H and O–H groups in total. The first-order valence-corrected chi connectivity index (χ1v) is 13.9. The molecule has 6 aliphatic rings. The van der Waals surface area contributed by atoms with Gasteiger partial charge in [0, 0.05) is 12.0 Å². The number of aliphatic hydroxyl groups excluding tert-OH is 1. The van der Waals surface area contributed by atoms with Crippen LogP contribution in [0.25, 0.3) is 0 Å². The molecule has 1 spiro atoms. The minimum absolute atomic E-state index is 0.0267. The molecular weight excluding hydrogens is 382 g/mol. The Balaban J connectivity index is 1.23. The van der Waals surface area contributed by atoms with Gasteiger partial charge in [-0.2, -0.15) is 0 Å². The van der Waals surface area contributed by atoms with E-state index in [4.69, 9.17) is 4.74 Å². The fraction of sp³-hybridized carbons (Fsp3) is 1.00. The van der Waals surface area contributed by atoms with Crippen LogP contribution >= 0.6 is 0 Å². The van der Waals surface area contributed by atoms with Crippen molar-refractivity contribution < 1.29 is 9.84 Å². The molecule has 0 aromatic heterocycles. The van der Waals surface area contributed by atoms with Gasteiger partial charge in [-0.15, -0.1) is 0 Å². The summed E-state index contributed by atoms with van der Waals surface area (Å²) >= 11 is 0. The van der Waals surface area contributed by atoms with Crippen molar-refractivity contribution in [1.82, 2.24) is 5.32 Å². The highest BCUT2D eigenvalue weighted by molar-refractivity contribution is 5.11. The minimum Gasteiger partial charge on any atom is -0.393 e. The summed E-state index contributed by atoms with van der Waals surface area (Å²) in [6.45, 7) is 11.3.